The van der Waals surface area contributed by atoms with Gasteiger partial charge in [0.15, 0.2) is 17.3 Å². The number of halogens is 1. The third-order valence-corrected chi connectivity index (χ3v) is 5.12. The fourth-order valence-electron chi connectivity index (χ4n) is 3.07. The molecule has 0 bridgehead atoms. The van der Waals surface area contributed by atoms with Gasteiger partial charge in [0.25, 0.3) is 5.56 Å². The summed E-state index contributed by atoms with van der Waals surface area (Å²) in [6.07, 6.45) is 1.63. The van der Waals surface area contributed by atoms with Gasteiger partial charge in [-0.15, -0.1) is 0 Å². The third-order valence-electron chi connectivity index (χ3n) is 4.59. The highest BCUT2D eigenvalue weighted by molar-refractivity contribution is 9.10. The molecule has 7 heteroatoms. The fourth-order valence-corrected chi connectivity index (χ4v) is 3.33. The Morgan fingerprint density at radius 1 is 0.967 bits per heavy atom. The second-order valence-corrected chi connectivity index (χ2v) is 7.35. The largest absolute Gasteiger partial charge is 0.493 e. The van der Waals surface area contributed by atoms with Crippen molar-refractivity contribution < 1.29 is 9.47 Å². The van der Waals surface area contributed by atoms with E-state index in [0.717, 1.165) is 10.0 Å². The number of rotatable bonds is 5. The monoisotopic (exact) mass is 463 g/mol. The molecule has 4 rings (SSSR count). The number of fused-ring (bicyclic) bond motifs is 1. The van der Waals surface area contributed by atoms with E-state index in [1.54, 1.807) is 38.6 Å². The second kappa shape index (κ2) is 8.51. The summed E-state index contributed by atoms with van der Waals surface area (Å²) in [6.45, 7) is 0. The molecule has 0 fully saturated rings. The first kappa shape index (κ1) is 19.8. The van der Waals surface area contributed by atoms with Crippen LogP contribution < -0.4 is 15.0 Å². The number of ether oxygens (including phenoxy) is 2. The lowest BCUT2D eigenvalue weighted by Gasteiger charge is -2.12. The Balaban J connectivity index is 1.93. The van der Waals surface area contributed by atoms with Gasteiger partial charge < -0.3 is 9.47 Å². The van der Waals surface area contributed by atoms with Crippen molar-refractivity contribution in [1.29, 1.82) is 0 Å². The number of methoxy groups -OCH3 is 2. The van der Waals surface area contributed by atoms with E-state index in [1.807, 2.05) is 48.5 Å². The van der Waals surface area contributed by atoms with Gasteiger partial charge in [0, 0.05) is 10.0 Å². The Kier molecular flexibility index (Phi) is 5.63. The average molecular weight is 464 g/mol. The summed E-state index contributed by atoms with van der Waals surface area (Å²) in [4.78, 5) is 17.9. The molecular weight excluding hydrogens is 446 g/mol. The predicted octanol–water partition coefficient (Wildman–Crippen LogP) is 4.73. The molecule has 0 atom stereocenters. The van der Waals surface area contributed by atoms with Crippen molar-refractivity contribution in [3.8, 4) is 22.9 Å². The lowest BCUT2D eigenvalue weighted by Crippen LogP contribution is -2.20. The van der Waals surface area contributed by atoms with Crippen LogP contribution in [0.3, 0.4) is 0 Å². The maximum Gasteiger partial charge on any atom is 0.282 e. The van der Waals surface area contributed by atoms with Crippen LogP contribution in [-0.4, -0.2) is 30.1 Å². The minimum Gasteiger partial charge on any atom is -0.493 e. The Hall–Kier alpha value is -3.45. The van der Waals surface area contributed by atoms with Crippen LogP contribution in [0.15, 0.2) is 81.1 Å². The van der Waals surface area contributed by atoms with Crippen molar-refractivity contribution in [2.24, 2.45) is 5.10 Å². The van der Waals surface area contributed by atoms with Gasteiger partial charge in [0.1, 0.15) is 0 Å². The molecule has 4 aromatic rings. The van der Waals surface area contributed by atoms with E-state index in [-0.39, 0.29) is 5.56 Å². The minimum atomic E-state index is -0.251. The first-order valence-electron chi connectivity index (χ1n) is 9.15. The quantitative estimate of drug-likeness (QED) is 0.401. The summed E-state index contributed by atoms with van der Waals surface area (Å²) in [7, 11) is 3.14. The second-order valence-electron chi connectivity index (χ2n) is 6.44. The molecule has 30 heavy (non-hydrogen) atoms. The third kappa shape index (κ3) is 3.84. The summed E-state index contributed by atoms with van der Waals surface area (Å²) in [5.41, 5.74) is 1.89. The molecule has 0 spiro atoms. The maximum absolute atomic E-state index is 13.2. The smallest absolute Gasteiger partial charge is 0.282 e. The summed E-state index contributed by atoms with van der Waals surface area (Å²) in [6, 6.07) is 20.2. The van der Waals surface area contributed by atoms with Gasteiger partial charge in [0.2, 0.25) is 0 Å². The van der Waals surface area contributed by atoms with E-state index >= 15 is 0 Å². The fraction of sp³-hybridized carbons (Fsp3) is 0.0870. The molecule has 0 N–H and O–H groups in total. The van der Waals surface area contributed by atoms with Gasteiger partial charge >= 0.3 is 0 Å². The Labute approximate surface area is 181 Å². The standard InChI is InChI=1S/C23H18BrN3O3/c1-29-20-12-9-16(13-21(20)30-2)22-26-19-6-4-3-5-18(19)23(28)27(22)25-14-15-7-10-17(24)11-8-15/h3-14H,1-2H3. The Bertz CT molecular complexity index is 1300. The van der Waals surface area contributed by atoms with Crippen LogP contribution in [0, 0.1) is 0 Å². The number of benzene rings is 3. The SMILES string of the molecule is COc1ccc(-c2nc3ccccc3c(=O)n2N=Cc2ccc(Br)cc2)cc1OC. The van der Waals surface area contributed by atoms with Gasteiger partial charge in [-0.3, -0.25) is 4.79 Å². The summed E-state index contributed by atoms with van der Waals surface area (Å²) >= 11 is 3.42. The summed E-state index contributed by atoms with van der Waals surface area (Å²) in [5, 5.41) is 4.95. The number of nitrogens with zero attached hydrogens (tertiary/aromatic N) is 3. The lowest BCUT2D eigenvalue weighted by atomic mass is 10.1. The zero-order valence-corrected chi connectivity index (χ0v) is 18.0. The topological polar surface area (TPSA) is 65.7 Å². The van der Waals surface area contributed by atoms with Gasteiger partial charge in [-0.25, -0.2) is 4.98 Å². The molecule has 0 unspecified atom stereocenters. The molecule has 150 valence electrons. The number of hydrogen-bond donors (Lipinski definition) is 0. The summed E-state index contributed by atoms with van der Waals surface area (Å²) in [5.74, 6) is 1.54. The normalized spacial score (nSPS) is 11.2. The van der Waals surface area contributed by atoms with Crippen molar-refractivity contribution in [3.63, 3.8) is 0 Å². The Morgan fingerprint density at radius 2 is 1.70 bits per heavy atom. The molecular formula is C23H18BrN3O3. The highest BCUT2D eigenvalue weighted by atomic mass is 79.9. The highest BCUT2D eigenvalue weighted by Crippen LogP contribution is 2.31. The average Bonchev–Trinajstić information content (AvgIpc) is 2.79. The molecule has 0 radical (unpaired) electrons. The van der Waals surface area contributed by atoms with Crippen LogP contribution in [-0.2, 0) is 0 Å². The van der Waals surface area contributed by atoms with Crippen LogP contribution in [0.25, 0.3) is 22.3 Å². The number of para-hydroxylation sites is 1. The first-order chi connectivity index (χ1) is 14.6. The molecule has 0 aliphatic rings. The van der Waals surface area contributed by atoms with Gasteiger partial charge in [0.05, 0.1) is 31.3 Å². The van der Waals surface area contributed by atoms with Gasteiger partial charge in [-0.05, 0) is 48.0 Å². The maximum atomic E-state index is 13.2. The zero-order chi connectivity index (χ0) is 21.1. The first-order valence-corrected chi connectivity index (χ1v) is 9.94. The van der Waals surface area contributed by atoms with Gasteiger partial charge in [-0.2, -0.15) is 9.78 Å². The number of aromatic nitrogens is 2. The van der Waals surface area contributed by atoms with E-state index < -0.39 is 0 Å². The van der Waals surface area contributed by atoms with Crippen molar-refractivity contribution in [1.82, 2.24) is 9.66 Å². The van der Waals surface area contributed by atoms with Crippen LogP contribution >= 0.6 is 15.9 Å². The molecule has 0 aliphatic heterocycles. The van der Waals surface area contributed by atoms with Crippen LogP contribution in [0.2, 0.25) is 0 Å². The highest BCUT2D eigenvalue weighted by Gasteiger charge is 2.14. The van der Waals surface area contributed by atoms with Crippen molar-refractivity contribution >= 4 is 33.0 Å². The van der Waals surface area contributed by atoms with E-state index in [0.29, 0.717) is 33.8 Å². The molecule has 6 nitrogen and oxygen atoms in total. The van der Waals surface area contributed by atoms with Gasteiger partial charge in [-0.1, -0.05) is 40.2 Å². The lowest BCUT2D eigenvalue weighted by molar-refractivity contribution is 0.355. The van der Waals surface area contributed by atoms with E-state index in [1.165, 1.54) is 4.68 Å². The van der Waals surface area contributed by atoms with Crippen molar-refractivity contribution in [2.75, 3.05) is 14.2 Å². The minimum absolute atomic E-state index is 0.251. The molecule has 0 saturated heterocycles. The summed E-state index contributed by atoms with van der Waals surface area (Å²) < 4.78 is 13.0. The molecule has 0 saturated carbocycles. The molecule has 3 aromatic carbocycles. The van der Waals surface area contributed by atoms with Crippen LogP contribution in [0.1, 0.15) is 5.56 Å². The van der Waals surface area contributed by atoms with E-state index in [4.69, 9.17) is 14.5 Å². The van der Waals surface area contributed by atoms with Crippen molar-refractivity contribution in [2.45, 2.75) is 0 Å². The van der Waals surface area contributed by atoms with E-state index in [9.17, 15) is 4.79 Å². The zero-order valence-electron chi connectivity index (χ0n) is 16.4. The van der Waals surface area contributed by atoms with Crippen LogP contribution in [0.5, 0.6) is 11.5 Å². The number of hydrogen-bond acceptors (Lipinski definition) is 5. The Morgan fingerprint density at radius 3 is 2.43 bits per heavy atom. The predicted molar refractivity (Wildman–Crippen MR) is 122 cm³/mol. The molecule has 1 aromatic heterocycles. The molecule has 1 heterocycles. The van der Waals surface area contributed by atoms with Crippen LogP contribution in [0.4, 0.5) is 0 Å². The van der Waals surface area contributed by atoms with Crippen molar-refractivity contribution in [3.05, 3.63) is 87.1 Å². The molecule has 0 aliphatic carbocycles. The van der Waals surface area contributed by atoms with E-state index in [2.05, 4.69) is 21.0 Å². The molecule has 0 amide bonds.